The standard InChI is InChI=1S/C21H18BrNO3/c1-2-25-20-13-8-15(14-19(20)22)21(24)23-16-9-11-18(12-10-16)26-17-6-4-3-5-7-17/h3-14H,2H2,1H3,(H,23,24). The fourth-order valence-corrected chi connectivity index (χ4v) is 2.84. The summed E-state index contributed by atoms with van der Waals surface area (Å²) in [5.41, 5.74) is 1.24. The van der Waals surface area contributed by atoms with Crippen molar-refractivity contribution in [1.82, 2.24) is 0 Å². The third-order valence-electron chi connectivity index (χ3n) is 3.59. The molecule has 26 heavy (non-hydrogen) atoms. The second-order valence-corrected chi connectivity index (χ2v) is 6.33. The molecule has 0 bridgehead atoms. The van der Waals surface area contributed by atoms with Crippen molar-refractivity contribution in [3.63, 3.8) is 0 Å². The molecule has 0 spiro atoms. The first kappa shape index (κ1) is 18.0. The maximum absolute atomic E-state index is 12.4. The number of benzene rings is 3. The molecule has 3 aromatic rings. The summed E-state index contributed by atoms with van der Waals surface area (Å²) in [7, 11) is 0. The van der Waals surface area contributed by atoms with E-state index < -0.39 is 0 Å². The number of carbonyl (C=O) groups excluding carboxylic acids is 1. The number of anilines is 1. The Hall–Kier alpha value is -2.79. The van der Waals surface area contributed by atoms with Crippen LogP contribution in [0.4, 0.5) is 5.69 Å². The molecule has 0 atom stereocenters. The van der Waals surface area contributed by atoms with Gasteiger partial charge >= 0.3 is 0 Å². The van der Waals surface area contributed by atoms with E-state index in [9.17, 15) is 4.79 Å². The average Bonchev–Trinajstić information content (AvgIpc) is 2.66. The van der Waals surface area contributed by atoms with Gasteiger partial charge in [0, 0.05) is 11.3 Å². The normalized spacial score (nSPS) is 10.2. The van der Waals surface area contributed by atoms with Crippen LogP contribution in [0.5, 0.6) is 17.2 Å². The minimum Gasteiger partial charge on any atom is -0.493 e. The summed E-state index contributed by atoms with van der Waals surface area (Å²) in [6.45, 7) is 2.49. The molecule has 0 heterocycles. The molecule has 0 radical (unpaired) electrons. The lowest BCUT2D eigenvalue weighted by atomic mass is 10.2. The van der Waals surface area contributed by atoms with Crippen molar-refractivity contribution in [2.75, 3.05) is 11.9 Å². The number of nitrogens with one attached hydrogen (secondary N) is 1. The van der Waals surface area contributed by atoms with Crippen LogP contribution in [-0.4, -0.2) is 12.5 Å². The Bertz CT molecular complexity index is 880. The molecular weight excluding hydrogens is 394 g/mol. The topological polar surface area (TPSA) is 47.6 Å². The Kier molecular flexibility index (Phi) is 5.92. The second-order valence-electron chi connectivity index (χ2n) is 5.47. The highest BCUT2D eigenvalue weighted by Crippen LogP contribution is 2.27. The molecule has 132 valence electrons. The molecule has 0 aliphatic carbocycles. The van der Waals surface area contributed by atoms with Crippen LogP contribution in [0.1, 0.15) is 17.3 Å². The molecule has 3 aromatic carbocycles. The lowest BCUT2D eigenvalue weighted by Gasteiger charge is -2.10. The van der Waals surface area contributed by atoms with Crippen molar-refractivity contribution >= 4 is 27.5 Å². The van der Waals surface area contributed by atoms with Crippen molar-refractivity contribution in [2.45, 2.75) is 6.92 Å². The zero-order valence-corrected chi connectivity index (χ0v) is 15.8. The number of hydrogen-bond acceptors (Lipinski definition) is 3. The Labute approximate surface area is 160 Å². The summed E-state index contributed by atoms with van der Waals surface area (Å²) in [6.07, 6.45) is 0. The average molecular weight is 412 g/mol. The summed E-state index contributed by atoms with van der Waals surface area (Å²) in [6, 6.07) is 22.0. The van der Waals surface area contributed by atoms with Crippen LogP contribution in [0.25, 0.3) is 0 Å². The molecule has 0 saturated heterocycles. The van der Waals surface area contributed by atoms with E-state index >= 15 is 0 Å². The van der Waals surface area contributed by atoms with Crippen LogP contribution in [0.2, 0.25) is 0 Å². The van der Waals surface area contributed by atoms with Crippen LogP contribution < -0.4 is 14.8 Å². The van der Waals surface area contributed by atoms with Crippen molar-refractivity contribution < 1.29 is 14.3 Å². The van der Waals surface area contributed by atoms with E-state index in [1.165, 1.54) is 0 Å². The molecule has 1 N–H and O–H groups in total. The highest BCUT2D eigenvalue weighted by Gasteiger charge is 2.10. The van der Waals surface area contributed by atoms with Gasteiger partial charge in [-0.2, -0.15) is 0 Å². The minimum atomic E-state index is -0.189. The third-order valence-corrected chi connectivity index (χ3v) is 4.20. The van der Waals surface area contributed by atoms with E-state index in [1.54, 1.807) is 30.3 Å². The molecule has 1 amide bonds. The summed E-state index contributed by atoms with van der Waals surface area (Å²) >= 11 is 3.42. The maximum atomic E-state index is 12.4. The molecule has 0 aliphatic rings. The monoisotopic (exact) mass is 411 g/mol. The van der Waals surface area contributed by atoms with E-state index in [0.29, 0.717) is 29.4 Å². The van der Waals surface area contributed by atoms with Crippen LogP contribution in [-0.2, 0) is 0 Å². The van der Waals surface area contributed by atoms with Crippen molar-refractivity contribution in [3.8, 4) is 17.2 Å². The Morgan fingerprint density at radius 1 is 0.962 bits per heavy atom. The number of amides is 1. The van der Waals surface area contributed by atoms with Gasteiger partial charge in [0.15, 0.2) is 0 Å². The van der Waals surface area contributed by atoms with Gasteiger partial charge in [-0.05, 0) is 77.5 Å². The zero-order chi connectivity index (χ0) is 18.4. The Morgan fingerprint density at radius 3 is 2.31 bits per heavy atom. The van der Waals surface area contributed by atoms with E-state index in [-0.39, 0.29) is 5.91 Å². The molecule has 0 saturated carbocycles. The Balaban J connectivity index is 1.65. The number of hydrogen-bond donors (Lipinski definition) is 1. The van der Waals surface area contributed by atoms with E-state index in [1.807, 2.05) is 49.4 Å². The first-order valence-electron chi connectivity index (χ1n) is 8.22. The second kappa shape index (κ2) is 8.54. The molecule has 0 fully saturated rings. The number of rotatable bonds is 6. The predicted octanol–water partition coefficient (Wildman–Crippen LogP) is 5.89. The molecule has 4 nitrogen and oxygen atoms in total. The molecule has 0 aromatic heterocycles. The highest BCUT2D eigenvalue weighted by molar-refractivity contribution is 9.10. The van der Waals surface area contributed by atoms with Crippen LogP contribution in [0.15, 0.2) is 77.3 Å². The first-order chi connectivity index (χ1) is 12.7. The first-order valence-corrected chi connectivity index (χ1v) is 9.01. The van der Waals surface area contributed by atoms with Crippen LogP contribution in [0, 0.1) is 0 Å². The fourth-order valence-electron chi connectivity index (χ4n) is 2.35. The largest absolute Gasteiger partial charge is 0.493 e. The quantitative estimate of drug-likeness (QED) is 0.549. The summed E-state index contributed by atoms with van der Waals surface area (Å²) in [5, 5.41) is 2.87. The summed E-state index contributed by atoms with van der Waals surface area (Å²) in [4.78, 5) is 12.4. The lowest BCUT2D eigenvalue weighted by molar-refractivity contribution is 0.102. The van der Waals surface area contributed by atoms with Crippen molar-refractivity contribution in [2.24, 2.45) is 0 Å². The van der Waals surface area contributed by atoms with Gasteiger partial charge in [0.05, 0.1) is 11.1 Å². The Morgan fingerprint density at radius 2 is 1.65 bits per heavy atom. The maximum Gasteiger partial charge on any atom is 0.255 e. The van der Waals surface area contributed by atoms with Crippen molar-refractivity contribution in [3.05, 3.63) is 82.8 Å². The van der Waals surface area contributed by atoms with Crippen molar-refractivity contribution in [1.29, 1.82) is 0 Å². The van der Waals surface area contributed by atoms with Gasteiger partial charge in [-0.25, -0.2) is 0 Å². The highest BCUT2D eigenvalue weighted by atomic mass is 79.9. The number of ether oxygens (including phenoxy) is 2. The van der Waals surface area contributed by atoms with E-state index in [0.717, 1.165) is 10.2 Å². The molecular formula is C21H18BrNO3. The summed E-state index contributed by atoms with van der Waals surface area (Å²) < 4.78 is 11.9. The van der Waals surface area contributed by atoms with E-state index in [4.69, 9.17) is 9.47 Å². The van der Waals surface area contributed by atoms with Crippen LogP contribution >= 0.6 is 15.9 Å². The van der Waals surface area contributed by atoms with Gasteiger partial charge in [0.2, 0.25) is 0 Å². The summed E-state index contributed by atoms with van der Waals surface area (Å²) in [5.74, 6) is 2.00. The van der Waals surface area contributed by atoms with Crippen LogP contribution in [0.3, 0.4) is 0 Å². The predicted molar refractivity (Wildman–Crippen MR) is 106 cm³/mol. The fraction of sp³-hybridized carbons (Fsp3) is 0.0952. The van der Waals surface area contributed by atoms with E-state index in [2.05, 4.69) is 21.2 Å². The molecule has 5 heteroatoms. The number of carbonyl (C=O) groups is 1. The smallest absolute Gasteiger partial charge is 0.255 e. The SMILES string of the molecule is CCOc1ccc(C(=O)Nc2ccc(Oc3ccccc3)cc2)cc1Br. The zero-order valence-electron chi connectivity index (χ0n) is 14.2. The van der Waals surface area contributed by atoms with Gasteiger partial charge in [0.25, 0.3) is 5.91 Å². The van der Waals surface area contributed by atoms with Gasteiger partial charge in [-0.3, -0.25) is 4.79 Å². The molecule has 3 rings (SSSR count). The number of para-hydroxylation sites is 1. The minimum absolute atomic E-state index is 0.189. The molecule has 0 unspecified atom stereocenters. The molecule has 0 aliphatic heterocycles. The van der Waals surface area contributed by atoms with Gasteiger partial charge in [0.1, 0.15) is 17.2 Å². The number of halogens is 1. The van der Waals surface area contributed by atoms with Gasteiger partial charge in [-0.15, -0.1) is 0 Å². The van der Waals surface area contributed by atoms with Gasteiger partial charge < -0.3 is 14.8 Å². The lowest BCUT2D eigenvalue weighted by Crippen LogP contribution is -2.11. The third kappa shape index (κ3) is 4.64. The van der Waals surface area contributed by atoms with Gasteiger partial charge in [-0.1, -0.05) is 18.2 Å².